The van der Waals surface area contributed by atoms with Crippen molar-refractivity contribution in [3.05, 3.63) is 28.1 Å². The topological polar surface area (TPSA) is 107 Å². The first-order valence-corrected chi connectivity index (χ1v) is 14.3. The second-order valence-electron chi connectivity index (χ2n) is 11.6. The molecule has 1 aromatic heterocycles. The third-order valence-electron chi connectivity index (χ3n) is 6.42. The Morgan fingerprint density at radius 3 is 2.33 bits per heavy atom. The minimum atomic E-state index is -2.14. The highest BCUT2D eigenvalue weighted by molar-refractivity contribution is 6.74. The van der Waals surface area contributed by atoms with Crippen LogP contribution in [0.1, 0.15) is 54.0 Å². The minimum absolute atomic E-state index is 0.000791. The molecule has 0 saturated carbocycles. The summed E-state index contributed by atoms with van der Waals surface area (Å²) in [6.07, 6.45) is 2.14. The molecule has 1 aromatic rings. The number of anilines is 1. The molecule has 1 saturated heterocycles. The predicted molar refractivity (Wildman–Crippen MR) is 132 cm³/mol. The Morgan fingerprint density at radius 1 is 1.21 bits per heavy atom. The number of aromatic nitrogens is 1. The fourth-order valence-corrected chi connectivity index (χ4v) is 5.27. The summed E-state index contributed by atoms with van der Waals surface area (Å²) in [5, 5.41) is 14.7. The first kappa shape index (κ1) is 27.0. The molecule has 0 aromatic carbocycles. The van der Waals surface area contributed by atoms with Crippen LogP contribution in [0.5, 0.6) is 0 Å². The summed E-state index contributed by atoms with van der Waals surface area (Å²) < 4.78 is 12.3. The van der Waals surface area contributed by atoms with E-state index in [9.17, 15) is 14.9 Å². The molecule has 10 heteroatoms. The number of nitrogens with zero attached hydrogens (tertiary/aromatic N) is 3. The molecule has 1 N–H and O–H groups in total. The van der Waals surface area contributed by atoms with Crippen molar-refractivity contribution in [3.63, 3.8) is 0 Å². The van der Waals surface area contributed by atoms with Crippen molar-refractivity contribution in [2.75, 3.05) is 18.0 Å². The van der Waals surface area contributed by atoms with E-state index in [1.807, 2.05) is 32.6 Å². The number of aryl methyl sites for hydroxylation is 1. The van der Waals surface area contributed by atoms with E-state index >= 15 is 0 Å². The van der Waals surface area contributed by atoms with Gasteiger partial charge in [-0.05, 0) is 51.4 Å². The largest absolute Gasteiger partial charge is 0.444 e. The maximum absolute atomic E-state index is 12.7. The zero-order valence-electron chi connectivity index (χ0n) is 21.7. The molecule has 0 radical (unpaired) electrons. The van der Waals surface area contributed by atoms with Crippen LogP contribution in [0.15, 0.2) is 12.4 Å². The van der Waals surface area contributed by atoms with Gasteiger partial charge in [0.25, 0.3) is 0 Å². The van der Waals surface area contributed by atoms with Crippen LogP contribution in [0, 0.1) is 23.0 Å². The standard InChI is InChI=1S/C23H40N4O5Si/c1-15-11-24-12-18(27(29)30)19(15)26-13-16(2)20(32-33(9,10)23(6,7)8)17(14-26)25-21(28)31-22(3,4)5/h11-12,16-17,20H,13-14H2,1-10H3,(H,25,28)/t16-,17+,20+/m0/s1. The molecule has 2 rings (SSSR count). The lowest BCUT2D eigenvalue weighted by molar-refractivity contribution is -0.384. The number of carbonyl (C=O) groups excluding carboxylic acids is 1. The number of alkyl carbamates (subject to hydrolysis) is 1. The molecular formula is C23H40N4O5Si. The normalized spacial score (nSPS) is 22.1. The summed E-state index contributed by atoms with van der Waals surface area (Å²) in [4.78, 5) is 30.0. The van der Waals surface area contributed by atoms with E-state index in [2.05, 4.69) is 51.1 Å². The SMILES string of the molecule is Cc1cncc([N+](=O)[O-])c1N1C[C@H](C)[C@@H](O[Si](C)(C)C(C)(C)C)[C@H](NC(=O)OC(C)(C)C)C1. The summed E-state index contributed by atoms with van der Waals surface area (Å²) in [7, 11) is -2.14. The van der Waals surface area contributed by atoms with Crippen LogP contribution in [0.2, 0.25) is 18.1 Å². The van der Waals surface area contributed by atoms with Crippen molar-refractivity contribution in [1.82, 2.24) is 10.3 Å². The van der Waals surface area contributed by atoms with Gasteiger partial charge in [0.2, 0.25) is 0 Å². The van der Waals surface area contributed by atoms with Crippen LogP contribution in [-0.4, -0.2) is 55.2 Å². The molecule has 1 aliphatic heterocycles. The molecule has 2 heterocycles. The van der Waals surface area contributed by atoms with Crippen molar-refractivity contribution in [2.45, 2.75) is 91.3 Å². The van der Waals surface area contributed by atoms with Crippen LogP contribution in [0.25, 0.3) is 0 Å². The van der Waals surface area contributed by atoms with Gasteiger partial charge in [-0.25, -0.2) is 4.79 Å². The Hall–Kier alpha value is -2.20. The quantitative estimate of drug-likeness (QED) is 0.357. The highest BCUT2D eigenvalue weighted by Gasteiger charge is 2.45. The number of nitrogens with one attached hydrogen (secondary N) is 1. The Balaban J connectivity index is 2.43. The highest BCUT2D eigenvalue weighted by atomic mass is 28.4. The number of pyridine rings is 1. The van der Waals surface area contributed by atoms with E-state index in [0.717, 1.165) is 5.56 Å². The second kappa shape index (κ2) is 9.58. The van der Waals surface area contributed by atoms with Crippen LogP contribution in [0.4, 0.5) is 16.2 Å². The van der Waals surface area contributed by atoms with Gasteiger partial charge in [-0.3, -0.25) is 15.1 Å². The van der Waals surface area contributed by atoms with Gasteiger partial charge in [0, 0.05) is 25.2 Å². The van der Waals surface area contributed by atoms with E-state index in [1.165, 1.54) is 6.20 Å². The number of piperidine rings is 1. The number of rotatable bonds is 5. The van der Waals surface area contributed by atoms with Crippen LogP contribution < -0.4 is 10.2 Å². The maximum atomic E-state index is 12.7. The first-order chi connectivity index (χ1) is 14.9. The van der Waals surface area contributed by atoms with Crippen molar-refractivity contribution < 1.29 is 18.9 Å². The Kier molecular flexibility index (Phi) is 7.85. The summed E-state index contributed by atoms with van der Waals surface area (Å²) in [5.74, 6) is 0.0139. The van der Waals surface area contributed by atoms with Gasteiger partial charge in [0.05, 0.1) is 17.1 Å². The lowest BCUT2D eigenvalue weighted by Crippen LogP contribution is -2.63. The number of ether oxygens (including phenoxy) is 1. The molecule has 0 bridgehead atoms. The van der Waals surface area contributed by atoms with Crippen LogP contribution in [0.3, 0.4) is 0 Å². The smallest absolute Gasteiger partial charge is 0.408 e. The monoisotopic (exact) mass is 480 g/mol. The summed E-state index contributed by atoms with van der Waals surface area (Å²) in [6.45, 7) is 21.2. The molecule has 9 nitrogen and oxygen atoms in total. The van der Waals surface area contributed by atoms with Gasteiger partial charge in [0.15, 0.2) is 8.32 Å². The van der Waals surface area contributed by atoms with Crippen molar-refractivity contribution >= 4 is 25.8 Å². The molecule has 0 spiro atoms. The summed E-state index contributed by atoms with van der Waals surface area (Å²) in [5.41, 5.74) is 0.571. The fraction of sp³-hybridized carbons (Fsp3) is 0.739. The molecule has 0 unspecified atom stereocenters. The van der Waals surface area contributed by atoms with Crippen molar-refractivity contribution in [1.29, 1.82) is 0 Å². The van der Waals surface area contributed by atoms with Gasteiger partial charge in [-0.15, -0.1) is 0 Å². The number of hydrogen-bond acceptors (Lipinski definition) is 7. The van der Waals surface area contributed by atoms with E-state index in [-0.39, 0.29) is 22.7 Å². The highest BCUT2D eigenvalue weighted by Crippen LogP contribution is 2.40. The average Bonchev–Trinajstić information content (AvgIpc) is 2.61. The van der Waals surface area contributed by atoms with Crippen LogP contribution >= 0.6 is 0 Å². The van der Waals surface area contributed by atoms with E-state index in [0.29, 0.717) is 18.8 Å². The zero-order valence-corrected chi connectivity index (χ0v) is 22.7. The predicted octanol–water partition coefficient (Wildman–Crippen LogP) is 5.04. The van der Waals surface area contributed by atoms with Crippen molar-refractivity contribution in [2.24, 2.45) is 5.92 Å². The Morgan fingerprint density at radius 2 is 1.82 bits per heavy atom. The molecule has 33 heavy (non-hydrogen) atoms. The molecule has 186 valence electrons. The van der Waals surface area contributed by atoms with Gasteiger partial charge in [-0.2, -0.15) is 0 Å². The fourth-order valence-electron chi connectivity index (χ4n) is 3.84. The number of nitro groups is 1. The number of hydrogen-bond donors (Lipinski definition) is 1. The minimum Gasteiger partial charge on any atom is -0.444 e. The van der Waals surface area contributed by atoms with Gasteiger partial charge in [0.1, 0.15) is 17.5 Å². The first-order valence-electron chi connectivity index (χ1n) is 11.4. The molecular weight excluding hydrogens is 440 g/mol. The third kappa shape index (κ3) is 6.66. The maximum Gasteiger partial charge on any atom is 0.408 e. The Labute approximate surface area is 198 Å². The third-order valence-corrected chi connectivity index (χ3v) is 10.9. The van der Waals surface area contributed by atoms with E-state index in [4.69, 9.17) is 9.16 Å². The lowest BCUT2D eigenvalue weighted by atomic mass is 9.91. The van der Waals surface area contributed by atoms with E-state index < -0.39 is 31.0 Å². The molecule has 1 fully saturated rings. The molecule has 1 aliphatic rings. The van der Waals surface area contributed by atoms with Crippen LogP contribution in [-0.2, 0) is 9.16 Å². The molecule has 3 atom stereocenters. The number of carbonyl (C=O) groups is 1. The molecule has 0 aliphatic carbocycles. The lowest BCUT2D eigenvalue weighted by Gasteiger charge is -2.48. The van der Waals surface area contributed by atoms with Crippen molar-refractivity contribution in [3.8, 4) is 0 Å². The zero-order chi connectivity index (χ0) is 25.4. The van der Waals surface area contributed by atoms with Gasteiger partial charge < -0.3 is 19.4 Å². The average molecular weight is 481 g/mol. The Bertz CT molecular complexity index is 879. The van der Waals surface area contributed by atoms with Gasteiger partial charge in [-0.1, -0.05) is 27.7 Å². The second-order valence-corrected chi connectivity index (χ2v) is 16.3. The van der Waals surface area contributed by atoms with Gasteiger partial charge >= 0.3 is 11.8 Å². The summed E-state index contributed by atoms with van der Waals surface area (Å²) >= 11 is 0. The van der Waals surface area contributed by atoms with E-state index in [1.54, 1.807) is 6.20 Å². The number of amides is 1. The summed E-state index contributed by atoms with van der Waals surface area (Å²) in [6, 6.07) is -0.398. The molecule has 1 amide bonds.